The molecule has 1 heteroatoms. The van der Waals surface area contributed by atoms with Gasteiger partial charge < -0.3 is 0 Å². The lowest BCUT2D eigenvalue weighted by Crippen LogP contribution is -2.30. The maximum atomic E-state index is 14.6. The Morgan fingerprint density at radius 2 is 1.50 bits per heavy atom. The second-order valence-corrected chi connectivity index (χ2v) is 15.2. The molecule has 0 bridgehead atoms. The second-order valence-electron chi connectivity index (χ2n) is 15.2. The van der Waals surface area contributed by atoms with E-state index in [-0.39, 0.29) is 17.8 Å². The van der Waals surface area contributed by atoms with Gasteiger partial charge in [0.2, 0.25) is 0 Å². The molecule has 0 aromatic heterocycles. The van der Waals surface area contributed by atoms with Gasteiger partial charge in [0, 0.05) is 18.3 Å². The standard InChI is InChI=1S/C41H62O/c1-9-28(3)35(26-32-18-17-19-32)24-30(5)36(40-38(10-2)41(40,7)8)27-39(42)37(34-22-15-12-16-23-34)25-29(4)31(6)33-20-13-11-14-21-33/h11,13-14,20-21,31-32,34-38,40H,3-5,9-10,12,15-19,22-27H2,1-2,6-8H3/t31?,35?,36?,37?,38-,40?/m1/s1. The fourth-order valence-electron chi connectivity index (χ4n) is 9.06. The Hall–Kier alpha value is -1.89. The van der Waals surface area contributed by atoms with Crippen LogP contribution in [0.15, 0.2) is 66.8 Å². The number of allylic oxidation sites excluding steroid dienone is 3. The number of hydrogen-bond donors (Lipinski definition) is 0. The zero-order valence-corrected chi connectivity index (χ0v) is 27.9. The van der Waals surface area contributed by atoms with Crippen molar-refractivity contribution in [2.75, 3.05) is 0 Å². The van der Waals surface area contributed by atoms with E-state index in [0.29, 0.717) is 41.3 Å². The molecule has 1 aromatic carbocycles. The molecule has 1 nitrogen and oxygen atoms in total. The van der Waals surface area contributed by atoms with Gasteiger partial charge in [-0.05, 0) is 85.0 Å². The lowest BCUT2D eigenvalue weighted by Gasteiger charge is -2.34. The minimum atomic E-state index is 0.0950. The number of rotatable bonds is 17. The Balaban J connectivity index is 1.54. The Morgan fingerprint density at radius 1 is 0.833 bits per heavy atom. The summed E-state index contributed by atoms with van der Waals surface area (Å²) in [4.78, 5) is 14.6. The van der Waals surface area contributed by atoms with Crippen LogP contribution in [-0.2, 0) is 4.79 Å². The van der Waals surface area contributed by atoms with Crippen molar-refractivity contribution in [1.82, 2.24) is 0 Å². The van der Waals surface area contributed by atoms with E-state index in [2.05, 4.69) is 78.1 Å². The molecule has 0 aliphatic heterocycles. The van der Waals surface area contributed by atoms with E-state index in [4.69, 9.17) is 6.58 Å². The molecule has 1 aromatic rings. The highest BCUT2D eigenvalue weighted by atomic mass is 16.1. The van der Waals surface area contributed by atoms with Crippen LogP contribution in [0.1, 0.15) is 136 Å². The van der Waals surface area contributed by atoms with Crippen LogP contribution in [0.2, 0.25) is 0 Å². The average Bonchev–Trinajstić information content (AvgIpc) is 3.54. The van der Waals surface area contributed by atoms with Crippen molar-refractivity contribution in [2.24, 2.45) is 46.8 Å². The first-order valence-electron chi connectivity index (χ1n) is 17.7. The number of ketones is 1. The lowest BCUT2D eigenvalue weighted by molar-refractivity contribution is -0.126. The minimum absolute atomic E-state index is 0.0950. The highest BCUT2D eigenvalue weighted by molar-refractivity contribution is 5.82. The van der Waals surface area contributed by atoms with Crippen molar-refractivity contribution in [1.29, 1.82) is 0 Å². The van der Waals surface area contributed by atoms with E-state index in [1.54, 1.807) is 0 Å². The fourth-order valence-corrected chi connectivity index (χ4v) is 9.06. The van der Waals surface area contributed by atoms with Crippen LogP contribution in [0, 0.1) is 46.8 Å². The molecule has 0 heterocycles. The Morgan fingerprint density at radius 3 is 2.05 bits per heavy atom. The largest absolute Gasteiger partial charge is 0.299 e. The molecular formula is C41H62O. The van der Waals surface area contributed by atoms with E-state index >= 15 is 0 Å². The smallest absolute Gasteiger partial charge is 0.137 e. The van der Waals surface area contributed by atoms with Gasteiger partial charge in [0.25, 0.3) is 0 Å². The van der Waals surface area contributed by atoms with Crippen molar-refractivity contribution >= 4 is 5.78 Å². The van der Waals surface area contributed by atoms with Crippen LogP contribution in [0.3, 0.4) is 0 Å². The van der Waals surface area contributed by atoms with E-state index in [9.17, 15) is 4.79 Å². The number of benzene rings is 1. The fraction of sp³-hybridized carbons (Fsp3) is 0.683. The summed E-state index contributed by atoms with van der Waals surface area (Å²) < 4.78 is 0. The van der Waals surface area contributed by atoms with Crippen LogP contribution >= 0.6 is 0 Å². The first kappa shape index (κ1) is 33.0. The molecule has 3 fully saturated rings. The number of carbonyl (C=O) groups excluding carboxylic acids is 1. The lowest BCUT2D eigenvalue weighted by atomic mass is 9.70. The highest BCUT2D eigenvalue weighted by Crippen LogP contribution is 2.65. The summed E-state index contributed by atoms with van der Waals surface area (Å²) in [6, 6.07) is 10.7. The zero-order valence-electron chi connectivity index (χ0n) is 27.9. The first-order chi connectivity index (χ1) is 20.1. The highest BCUT2D eigenvalue weighted by Gasteiger charge is 2.60. The topological polar surface area (TPSA) is 17.1 Å². The Labute approximate surface area is 259 Å². The summed E-state index contributed by atoms with van der Waals surface area (Å²) in [6.45, 7) is 25.7. The molecule has 0 radical (unpaired) electrons. The number of carbonyl (C=O) groups is 1. The summed E-state index contributed by atoms with van der Waals surface area (Å²) in [5, 5.41) is 0. The second kappa shape index (κ2) is 14.7. The molecule has 42 heavy (non-hydrogen) atoms. The van der Waals surface area contributed by atoms with Crippen LogP contribution in [0.5, 0.6) is 0 Å². The van der Waals surface area contributed by atoms with Gasteiger partial charge in [-0.15, -0.1) is 0 Å². The maximum Gasteiger partial charge on any atom is 0.137 e. The van der Waals surface area contributed by atoms with Crippen molar-refractivity contribution in [2.45, 2.75) is 130 Å². The number of Topliss-reactive ketones (excluding diaryl/α,β-unsaturated/α-hetero) is 1. The third-order valence-electron chi connectivity index (χ3n) is 12.4. The van der Waals surface area contributed by atoms with Gasteiger partial charge in [-0.2, -0.15) is 0 Å². The van der Waals surface area contributed by atoms with E-state index in [1.807, 2.05) is 0 Å². The van der Waals surface area contributed by atoms with Gasteiger partial charge in [0.05, 0.1) is 0 Å². The molecule has 5 unspecified atom stereocenters. The van der Waals surface area contributed by atoms with Crippen molar-refractivity contribution in [3.05, 3.63) is 72.4 Å². The molecule has 0 spiro atoms. The third kappa shape index (κ3) is 7.78. The molecule has 6 atom stereocenters. The molecule has 4 rings (SSSR count). The van der Waals surface area contributed by atoms with Crippen molar-refractivity contribution < 1.29 is 4.79 Å². The molecule has 0 N–H and O–H groups in total. The van der Waals surface area contributed by atoms with Crippen LogP contribution in [0.4, 0.5) is 0 Å². The summed E-state index contributed by atoms with van der Waals surface area (Å²) in [5.74, 6) is 4.29. The van der Waals surface area contributed by atoms with Gasteiger partial charge in [-0.1, -0.05) is 146 Å². The van der Waals surface area contributed by atoms with Crippen LogP contribution in [0.25, 0.3) is 0 Å². The maximum absolute atomic E-state index is 14.6. The van der Waals surface area contributed by atoms with E-state index in [1.165, 1.54) is 86.5 Å². The third-order valence-corrected chi connectivity index (χ3v) is 12.4. The van der Waals surface area contributed by atoms with Crippen LogP contribution in [-0.4, -0.2) is 5.78 Å². The zero-order chi connectivity index (χ0) is 30.4. The van der Waals surface area contributed by atoms with E-state index in [0.717, 1.165) is 25.2 Å². The Bertz CT molecular complexity index is 1070. The van der Waals surface area contributed by atoms with Gasteiger partial charge in [-0.25, -0.2) is 0 Å². The van der Waals surface area contributed by atoms with Crippen molar-refractivity contribution in [3.63, 3.8) is 0 Å². The molecule has 3 aliphatic carbocycles. The van der Waals surface area contributed by atoms with Gasteiger partial charge in [-0.3, -0.25) is 4.79 Å². The van der Waals surface area contributed by atoms with Crippen LogP contribution < -0.4 is 0 Å². The molecular weight excluding hydrogens is 508 g/mol. The quantitative estimate of drug-likeness (QED) is 0.170. The Kier molecular flexibility index (Phi) is 11.6. The average molecular weight is 571 g/mol. The predicted molar refractivity (Wildman–Crippen MR) is 181 cm³/mol. The molecule has 3 aliphatic rings. The molecule has 3 saturated carbocycles. The minimum Gasteiger partial charge on any atom is -0.299 e. The summed E-state index contributed by atoms with van der Waals surface area (Å²) in [6.07, 6.45) is 16.4. The monoisotopic (exact) mass is 570 g/mol. The van der Waals surface area contributed by atoms with Gasteiger partial charge in [0.1, 0.15) is 5.78 Å². The SMILES string of the molecule is C=C(CC)C(CC(=C)C(CC(=O)C(CC(=C)C(C)c1ccccc1)C1CCCCC1)C1[C@@H](CC)C1(C)C)CC1CCC1. The summed E-state index contributed by atoms with van der Waals surface area (Å²) in [5.41, 5.74) is 5.55. The van der Waals surface area contributed by atoms with Gasteiger partial charge in [0.15, 0.2) is 0 Å². The summed E-state index contributed by atoms with van der Waals surface area (Å²) in [7, 11) is 0. The molecule has 0 amide bonds. The van der Waals surface area contributed by atoms with Crippen molar-refractivity contribution in [3.8, 4) is 0 Å². The van der Waals surface area contributed by atoms with E-state index < -0.39 is 0 Å². The normalized spacial score (nSPS) is 25.1. The predicted octanol–water partition coefficient (Wildman–Crippen LogP) is 11.9. The van der Waals surface area contributed by atoms with Gasteiger partial charge >= 0.3 is 0 Å². The molecule has 0 saturated heterocycles. The first-order valence-corrected chi connectivity index (χ1v) is 17.7. The summed E-state index contributed by atoms with van der Waals surface area (Å²) >= 11 is 0. The molecule has 232 valence electrons. The number of hydrogen-bond acceptors (Lipinski definition) is 1.